The maximum atomic E-state index is 13.3. The van der Waals surface area contributed by atoms with Crippen LogP contribution in [-0.2, 0) is 25.6 Å². The number of hydrogen-bond acceptors (Lipinski definition) is 7. The number of carbonyl (C=O) groups is 4. The molecule has 1 aromatic carbocycles. The molecule has 7 N–H and O–H groups in total. The summed E-state index contributed by atoms with van der Waals surface area (Å²) >= 11 is 3.95. The van der Waals surface area contributed by atoms with E-state index < -0.39 is 47.9 Å². The third-order valence-electron chi connectivity index (χ3n) is 5.21. The van der Waals surface area contributed by atoms with Crippen molar-refractivity contribution in [3.63, 3.8) is 0 Å². The van der Waals surface area contributed by atoms with E-state index in [1.165, 1.54) is 12.1 Å². The van der Waals surface area contributed by atoms with Gasteiger partial charge in [0.2, 0.25) is 17.7 Å². The normalized spacial score (nSPS) is 14.6. The minimum atomic E-state index is -1.24. The first-order valence-corrected chi connectivity index (χ1v) is 12.3. The zero-order chi connectivity index (χ0) is 26.7. The van der Waals surface area contributed by atoms with Crippen molar-refractivity contribution in [1.29, 1.82) is 0 Å². The van der Waals surface area contributed by atoms with Crippen LogP contribution in [0.1, 0.15) is 46.1 Å². The molecule has 10 nitrogen and oxygen atoms in total. The van der Waals surface area contributed by atoms with Crippen LogP contribution in [0, 0.1) is 11.8 Å². The lowest BCUT2D eigenvalue weighted by Crippen LogP contribution is -2.58. The summed E-state index contributed by atoms with van der Waals surface area (Å²) in [5, 5.41) is 26.5. The second kappa shape index (κ2) is 14.6. The van der Waals surface area contributed by atoms with Gasteiger partial charge in [-0.2, -0.15) is 12.6 Å². The molecule has 196 valence electrons. The number of thiol groups is 1. The van der Waals surface area contributed by atoms with E-state index in [-0.39, 0.29) is 36.2 Å². The van der Waals surface area contributed by atoms with Gasteiger partial charge < -0.3 is 31.9 Å². The largest absolute Gasteiger partial charge is 0.508 e. The average Bonchev–Trinajstić information content (AvgIpc) is 2.76. The third-order valence-corrected chi connectivity index (χ3v) is 5.57. The van der Waals surface area contributed by atoms with Crippen molar-refractivity contribution >= 4 is 36.3 Å². The molecular weight excluding hydrogens is 472 g/mol. The lowest BCUT2D eigenvalue weighted by molar-refractivity contribution is -0.141. The highest BCUT2D eigenvalue weighted by Crippen LogP contribution is 2.13. The van der Waals surface area contributed by atoms with Crippen LogP contribution in [0.25, 0.3) is 0 Å². The lowest BCUT2D eigenvalue weighted by atomic mass is 10.00. The minimum absolute atomic E-state index is 0.00920. The highest BCUT2D eigenvalue weighted by atomic mass is 32.1. The van der Waals surface area contributed by atoms with Gasteiger partial charge in [-0.25, -0.2) is 4.79 Å². The Morgan fingerprint density at radius 3 is 1.80 bits per heavy atom. The van der Waals surface area contributed by atoms with Gasteiger partial charge in [0.05, 0.1) is 6.04 Å². The fraction of sp³-hybridized carbons (Fsp3) is 0.583. The van der Waals surface area contributed by atoms with Crippen molar-refractivity contribution in [3.05, 3.63) is 29.8 Å². The Morgan fingerprint density at radius 2 is 1.31 bits per heavy atom. The quantitative estimate of drug-likeness (QED) is 0.182. The number of phenols is 1. The molecular formula is C24H38N4O6S. The summed E-state index contributed by atoms with van der Waals surface area (Å²) in [5.74, 6) is -2.87. The Kier molecular flexibility index (Phi) is 12.6. The van der Waals surface area contributed by atoms with Crippen LogP contribution in [-0.4, -0.2) is 63.8 Å². The summed E-state index contributed by atoms with van der Waals surface area (Å²) in [6.07, 6.45) is 0.776. The number of carboxylic acid groups (broad SMARTS) is 1. The number of benzene rings is 1. The van der Waals surface area contributed by atoms with Crippen LogP contribution in [0.5, 0.6) is 5.75 Å². The molecule has 35 heavy (non-hydrogen) atoms. The van der Waals surface area contributed by atoms with E-state index in [0.29, 0.717) is 12.0 Å². The van der Waals surface area contributed by atoms with Crippen molar-refractivity contribution in [2.24, 2.45) is 17.6 Å². The molecule has 1 rings (SSSR count). The molecule has 11 heteroatoms. The van der Waals surface area contributed by atoms with E-state index in [9.17, 15) is 29.4 Å². The number of rotatable bonds is 14. The SMILES string of the molecule is CC(C)CC(N)C(=O)NC(Cc1ccc(O)cc1)C(=O)NC(CC(C)C)C(=O)NC(CS)C(=O)O. The predicted molar refractivity (Wildman–Crippen MR) is 136 cm³/mol. The van der Waals surface area contributed by atoms with Crippen molar-refractivity contribution in [2.75, 3.05) is 5.75 Å². The number of carboxylic acids is 1. The fourth-order valence-corrected chi connectivity index (χ4v) is 3.65. The number of phenolic OH excluding ortho intramolecular Hbond substituents is 1. The third kappa shape index (κ3) is 11.0. The molecule has 0 bridgehead atoms. The first-order chi connectivity index (χ1) is 16.3. The Morgan fingerprint density at radius 1 is 0.829 bits per heavy atom. The van der Waals surface area contributed by atoms with E-state index in [0.717, 1.165) is 0 Å². The Labute approximate surface area is 211 Å². The fourth-order valence-electron chi connectivity index (χ4n) is 3.40. The highest BCUT2D eigenvalue weighted by Gasteiger charge is 2.30. The first kappa shape index (κ1) is 30.2. The Bertz CT molecular complexity index is 862. The van der Waals surface area contributed by atoms with Crippen LogP contribution in [0.3, 0.4) is 0 Å². The van der Waals surface area contributed by atoms with Gasteiger partial charge in [0.25, 0.3) is 0 Å². The molecule has 4 atom stereocenters. The summed E-state index contributed by atoms with van der Waals surface area (Å²) in [5.41, 5.74) is 6.66. The smallest absolute Gasteiger partial charge is 0.327 e. The average molecular weight is 511 g/mol. The maximum Gasteiger partial charge on any atom is 0.327 e. The summed E-state index contributed by atoms with van der Waals surface area (Å²) in [6, 6.07) is 2.09. The van der Waals surface area contributed by atoms with Gasteiger partial charge in [0.1, 0.15) is 23.9 Å². The standard InChI is InChI=1S/C24H38N4O6S/c1-13(2)9-17(25)21(30)26-19(11-15-5-7-16(29)8-6-15)23(32)27-18(10-14(3)4)22(31)28-20(12-35)24(33)34/h5-8,13-14,17-20,29,35H,9-12,25H2,1-4H3,(H,26,30)(H,27,32)(H,28,31)(H,33,34). The summed E-state index contributed by atoms with van der Waals surface area (Å²) in [4.78, 5) is 50.0. The number of nitrogens with two attached hydrogens (primary N) is 1. The van der Waals surface area contributed by atoms with Crippen LogP contribution in [0.2, 0.25) is 0 Å². The van der Waals surface area contributed by atoms with Gasteiger partial charge in [-0.3, -0.25) is 14.4 Å². The number of hydrogen-bond donors (Lipinski definition) is 7. The highest BCUT2D eigenvalue weighted by molar-refractivity contribution is 7.80. The molecule has 0 radical (unpaired) electrons. The second-order valence-corrected chi connectivity index (χ2v) is 9.81. The molecule has 0 aliphatic heterocycles. The van der Waals surface area contributed by atoms with E-state index in [1.807, 2.05) is 27.7 Å². The van der Waals surface area contributed by atoms with Crippen LogP contribution in [0.4, 0.5) is 0 Å². The second-order valence-electron chi connectivity index (χ2n) is 9.44. The Balaban J connectivity index is 3.11. The molecule has 1 aromatic rings. The molecule has 0 spiro atoms. The molecule has 0 aromatic heterocycles. The van der Waals surface area contributed by atoms with Crippen LogP contribution >= 0.6 is 12.6 Å². The summed E-state index contributed by atoms with van der Waals surface area (Å²) in [7, 11) is 0. The number of carbonyl (C=O) groups excluding carboxylic acids is 3. The molecule has 4 unspecified atom stereocenters. The van der Waals surface area contributed by atoms with E-state index in [2.05, 4.69) is 28.6 Å². The van der Waals surface area contributed by atoms with Crippen molar-refractivity contribution in [3.8, 4) is 5.75 Å². The van der Waals surface area contributed by atoms with Gasteiger partial charge in [-0.1, -0.05) is 39.8 Å². The topological polar surface area (TPSA) is 171 Å². The number of amides is 3. The van der Waals surface area contributed by atoms with Crippen molar-refractivity contribution < 1.29 is 29.4 Å². The van der Waals surface area contributed by atoms with Crippen molar-refractivity contribution in [1.82, 2.24) is 16.0 Å². The van der Waals surface area contributed by atoms with Gasteiger partial charge in [-0.05, 0) is 42.4 Å². The molecule has 3 amide bonds. The van der Waals surface area contributed by atoms with Crippen LogP contribution in [0.15, 0.2) is 24.3 Å². The summed E-state index contributed by atoms with van der Waals surface area (Å²) in [6.45, 7) is 7.58. The maximum absolute atomic E-state index is 13.3. The van der Waals surface area contributed by atoms with Gasteiger partial charge in [0.15, 0.2) is 0 Å². The van der Waals surface area contributed by atoms with Crippen LogP contribution < -0.4 is 21.7 Å². The van der Waals surface area contributed by atoms with Gasteiger partial charge in [0, 0.05) is 12.2 Å². The van der Waals surface area contributed by atoms with E-state index >= 15 is 0 Å². The molecule has 0 saturated carbocycles. The number of nitrogens with one attached hydrogen (secondary N) is 3. The Hall–Kier alpha value is -2.79. The van der Waals surface area contributed by atoms with Crippen molar-refractivity contribution in [2.45, 2.75) is 71.1 Å². The lowest BCUT2D eigenvalue weighted by Gasteiger charge is -2.26. The zero-order valence-electron chi connectivity index (χ0n) is 20.7. The van der Waals surface area contributed by atoms with Gasteiger partial charge in [-0.15, -0.1) is 0 Å². The zero-order valence-corrected chi connectivity index (χ0v) is 21.5. The molecule has 0 saturated heterocycles. The molecule has 0 aliphatic rings. The van der Waals surface area contributed by atoms with Gasteiger partial charge >= 0.3 is 5.97 Å². The minimum Gasteiger partial charge on any atom is -0.508 e. The van der Waals surface area contributed by atoms with E-state index in [4.69, 9.17) is 5.73 Å². The van der Waals surface area contributed by atoms with E-state index in [1.54, 1.807) is 12.1 Å². The number of aliphatic carboxylic acids is 1. The molecule has 0 aliphatic carbocycles. The summed E-state index contributed by atoms with van der Waals surface area (Å²) < 4.78 is 0. The predicted octanol–water partition coefficient (Wildman–Crippen LogP) is 0.823. The number of aromatic hydroxyl groups is 1. The molecule has 0 heterocycles. The first-order valence-electron chi connectivity index (χ1n) is 11.6. The monoisotopic (exact) mass is 510 g/mol. The molecule has 0 fully saturated rings.